The molecule has 0 saturated heterocycles. The molecule has 164 valence electrons. The number of nitrogens with zero attached hydrogens (tertiary/aromatic N) is 3. The molecule has 0 spiro atoms. The zero-order chi connectivity index (χ0) is 21.8. The van der Waals surface area contributed by atoms with Gasteiger partial charge in [0, 0.05) is 36.8 Å². The molecule has 0 fully saturated rings. The number of pyridine rings is 1. The van der Waals surface area contributed by atoms with Gasteiger partial charge >= 0.3 is 0 Å². The zero-order valence-corrected chi connectivity index (χ0v) is 18.9. The van der Waals surface area contributed by atoms with E-state index in [-0.39, 0.29) is 0 Å². The highest BCUT2D eigenvalue weighted by Crippen LogP contribution is 2.47. The molecule has 0 bridgehead atoms. The van der Waals surface area contributed by atoms with Crippen LogP contribution < -0.4 is 23.7 Å². The fourth-order valence-electron chi connectivity index (χ4n) is 5.19. The van der Waals surface area contributed by atoms with Crippen LogP contribution in [-0.2, 0) is 13.0 Å². The predicted molar refractivity (Wildman–Crippen MR) is 125 cm³/mol. The summed E-state index contributed by atoms with van der Waals surface area (Å²) in [5.41, 5.74) is 7.44. The van der Waals surface area contributed by atoms with Crippen LogP contribution in [0, 0.1) is 0 Å². The van der Waals surface area contributed by atoms with Crippen molar-refractivity contribution in [3.05, 3.63) is 53.2 Å². The molecule has 6 rings (SSSR count). The molecule has 0 atom stereocenters. The molecular weight excluding hydrogens is 402 g/mol. The second-order valence-corrected chi connectivity index (χ2v) is 8.93. The summed E-state index contributed by atoms with van der Waals surface area (Å²) in [5, 5.41) is 1.27. The lowest BCUT2D eigenvalue weighted by Gasteiger charge is -2.36. The molecular formula is C26H28N3O3+. The summed E-state index contributed by atoms with van der Waals surface area (Å²) < 4.78 is 19.5. The number of hydrogen-bond donors (Lipinski definition) is 0. The van der Waals surface area contributed by atoms with E-state index in [1.165, 1.54) is 39.0 Å². The third-order valence-electron chi connectivity index (χ3n) is 6.71. The Labute approximate surface area is 188 Å². The molecule has 3 aromatic rings. The number of benzene rings is 2. The number of aromatic nitrogens is 1. The van der Waals surface area contributed by atoms with Crippen molar-refractivity contribution in [2.75, 3.05) is 46.0 Å². The maximum atomic E-state index is 5.82. The molecule has 0 aliphatic carbocycles. The Bertz CT molecular complexity index is 1270. The summed E-state index contributed by atoms with van der Waals surface area (Å²) >= 11 is 0. The number of hydrogen-bond acceptors (Lipinski definition) is 5. The Kier molecular flexibility index (Phi) is 4.50. The van der Waals surface area contributed by atoms with Gasteiger partial charge in [0.1, 0.15) is 6.54 Å². The van der Waals surface area contributed by atoms with Gasteiger partial charge in [0.15, 0.2) is 23.4 Å². The summed E-state index contributed by atoms with van der Waals surface area (Å²) in [6.45, 7) is 3.25. The third kappa shape index (κ3) is 2.93. The minimum atomic E-state index is 0.302. The normalized spacial score (nSPS) is 15.6. The van der Waals surface area contributed by atoms with Gasteiger partial charge in [-0.25, -0.2) is 0 Å². The van der Waals surface area contributed by atoms with E-state index in [2.05, 4.69) is 71.1 Å². The molecule has 3 aliphatic rings. The van der Waals surface area contributed by atoms with Crippen LogP contribution in [0.5, 0.6) is 17.2 Å². The first-order valence-corrected chi connectivity index (χ1v) is 11.2. The van der Waals surface area contributed by atoms with Crippen molar-refractivity contribution in [1.29, 1.82) is 0 Å². The monoisotopic (exact) mass is 430 g/mol. The highest BCUT2D eigenvalue weighted by atomic mass is 16.7. The first-order chi connectivity index (χ1) is 15.6. The standard InChI is InChI=1S/C26H28N3O3/c1-27(2)9-4-10-28-11-8-20-25-18(5-6-22(30-3)26(25)28)13-21-19-15-24-23(31-16-32-24)14-17(19)7-12-29(20)21/h5-6,8,11,13-15H,4,7,9-10,12,16H2,1-3H3/q+1. The van der Waals surface area contributed by atoms with Crippen molar-refractivity contribution in [2.24, 2.45) is 0 Å². The van der Waals surface area contributed by atoms with Crippen LogP contribution in [0.4, 0.5) is 5.69 Å². The SMILES string of the molecule is COc1ccc2c3c(cc[n+](CCCN(C)C)c13)N1CCc3cc4c(cc3C1=C2)OCO4. The number of methoxy groups -OCH3 is 1. The van der Waals surface area contributed by atoms with Gasteiger partial charge in [-0.2, -0.15) is 4.57 Å². The van der Waals surface area contributed by atoms with Crippen LogP contribution in [0.1, 0.15) is 23.1 Å². The van der Waals surface area contributed by atoms with Crippen LogP contribution >= 0.6 is 0 Å². The van der Waals surface area contributed by atoms with Gasteiger partial charge in [-0.15, -0.1) is 0 Å². The van der Waals surface area contributed by atoms with Gasteiger partial charge in [0.05, 0.1) is 18.2 Å². The molecule has 0 saturated carbocycles. The quantitative estimate of drug-likeness (QED) is 0.577. The summed E-state index contributed by atoms with van der Waals surface area (Å²) in [6, 6.07) is 10.8. The van der Waals surface area contributed by atoms with Crippen LogP contribution in [0.3, 0.4) is 0 Å². The van der Waals surface area contributed by atoms with Crippen LogP contribution in [0.15, 0.2) is 36.5 Å². The van der Waals surface area contributed by atoms with Crippen molar-refractivity contribution in [3.8, 4) is 17.2 Å². The highest BCUT2D eigenvalue weighted by Gasteiger charge is 2.32. The number of rotatable bonds is 5. The maximum absolute atomic E-state index is 5.82. The Morgan fingerprint density at radius 3 is 2.78 bits per heavy atom. The molecule has 6 nitrogen and oxygen atoms in total. The van der Waals surface area contributed by atoms with E-state index in [9.17, 15) is 0 Å². The van der Waals surface area contributed by atoms with Gasteiger partial charge < -0.3 is 24.0 Å². The molecule has 1 aromatic heterocycles. The zero-order valence-electron chi connectivity index (χ0n) is 18.9. The molecule has 6 heteroatoms. The van der Waals surface area contributed by atoms with Crippen molar-refractivity contribution < 1.29 is 18.8 Å². The molecule has 0 amide bonds. The molecule has 0 N–H and O–H groups in total. The van der Waals surface area contributed by atoms with Gasteiger partial charge in [-0.3, -0.25) is 0 Å². The number of anilines is 1. The molecule has 2 aromatic carbocycles. The van der Waals surface area contributed by atoms with Crippen molar-refractivity contribution in [2.45, 2.75) is 19.4 Å². The van der Waals surface area contributed by atoms with E-state index in [0.29, 0.717) is 6.79 Å². The van der Waals surface area contributed by atoms with Crippen molar-refractivity contribution in [1.82, 2.24) is 4.90 Å². The second-order valence-electron chi connectivity index (χ2n) is 8.93. The van der Waals surface area contributed by atoms with Gasteiger partial charge in [-0.05, 0) is 55.9 Å². The first-order valence-electron chi connectivity index (χ1n) is 11.2. The van der Waals surface area contributed by atoms with E-state index in [0.717, 1.165) is 49.7 Å². The second kappa shape index (κ2) is 7.41. The Hall–Kier alpha value is -3.25. The van der Waals surface area contributed by atoms with E-state index in [4.69, 9.17) is 14.2 Å². The number of fused-ring (bicyclic) bond motifs is 5. The number of ether oxygens (including phenoxy) is 3. The topological polar surface area (TPSA) is 38.1 Å². The van der Waals surface area contributed by atoms with E-state index < -0.39 is 0 Å². The molecule has 4 heterocycles. The molecule has 3 aliphatic heterocycles. The lowest BCUT2D eigenvalue weighted by Crippen LogP contribution is -2.38. The maximum Gasteiger partial charge on any atom is 0.257 e. The van der Waals surface area contributed by atoms with Crippen LogP contribution in [0.25, 0.3) is 22.7 Å². The third-order valence-corrected chi connectivity index (χ3v) is 6.71. The van der Waals surface area contributed by atoms with Gasteiger partial charge in [0.25, 0.3) is 5.52 Å². The largest absolute Gasteiger partial charge is 0.490 e. The Morgan fingerprint density at radius 2 is 1.97 bits per heavy atom. The van der Waals surface area contributed by atoms with E-state index >= 15 is 0 Å². The average molecular weight is 431 g/mol. The molecule has 0 radical (unpaired) electrons. The smallest absolute Gasteiger partial charge is 0.257 e. The van der Waals surface area contributed by atoms with E-state index in [1.807, 2.05) is 0 Å². The molecule has 0 unspecified atom stereocenters. The van der Waals surface area contributed by atoms with Crippen molar-refractivity contribution >= 4 is 28.4 Å². The summed E-state index contributed by atoms with van der Waals surface area (Å²) in [5.74, 6) is 2.62. The predicted octanol–water partition coefficient (Wildman–Crippen LogP) is 3.69. The Balaban J connectivity index is 1.51. The first kappa shape index (κ1) is 19.4. The lowest BCUT2D eigenvalue weighted by molar-refractivity contribution is -0.671. The van der Waals surface area contributed by atoms with Gasteiger partial charge in [0.2, 0.25) is 6.79 Å². The minimum absolute atomic E-state index is 0.302. The molecule has 32 heavy (non-hydrogen) atoms. The number of aryl methyl sites for hydroxylation is 1. The van der Waals surface area contributed by atoms with E-state index in [1.54, 1.807) is 7.11 Å². The van der Waals surface area contributed by atoms with Crippen LogP contribution in [-0.4, -0.2) is 46.0 Å². The van der Waals surface area contributed by atoms with Crippen molar-refractivity contribution in [3.63, 3.8) is 0 Å². The summed E-state index contributed by atoms with van der Waals surface area (Å²) in [4.78, 5) is 4.68. The summed E-state index contributed by atoms with van der Waals surface area (Å²) in [7, 11) is 6.00. The highest BCUT2D eigenvalue weighted by molar-refractivity contribution is 6.10. The average Bonchev–Trinajstić information content (AvgIpc) is 3.26. The Morgan fingerprint density at radius 1 is 1.12 bits per heavy atom. The lowest BCUT2D eigenvalue weighted by atomic mass is 9.90. The minimum Gasteiger partial charge on any atom is -0.490 e. The fraction of sp³-hybridized carbons (Fsp3) is 0.346. The van der Waals surface area contributed by atoms with Crippen LogP contribution in [0.2, 0.25) is 0 Å². The fourth-order valence-corrected chi connectivity index (χ4v) is 5.19. The summed E-state index contributed by atoms with van der Waals surface area (Å²) in [6.07, 6.45) is 6.60. The van der Waals surface area contributed by atoms with Gasteiger partial charge in [-0.1, -0.05) is 6.07 Å².